The molecule has 1 atom stereocenters. The zero-order valence-electron chi connectivity index (χ0n) is 10.9. The van der Waals surface area contributed by atoms with Crippen molar-refractivity contribution in [2.75, 3.05) is 0 Å². The van der Waals surface area contributed by atoms with Gasteiger partial charge >= 0.3 is 0 Å². The summed E-state index contributed by atoms with van der Waals surface area (Å²) in [6, 6.07) is 10.4. The van der Waals surface area contributed by atoms with Gasteiger partial charge in [0.25, 0.3) is 5.92 Å². The van der Waals surface area contributed by atoms with E-state index in [-0.39, 0.29) is 5.56 Å². The molecule has 0 bridgehead atoms. The Hall–Kier alpha value is -2.27. The molecule has 1 aromatic heterocycles. The van der Waals surface area contributed by atoms with Crippen LogP contribution < -0.4 is 0 Å². The van der Waals surface area contributed by atoms with Crippen LogP contribution in [-0.4, -0.2) is 16.0 Å². The lowest BCUT2D eigenvalue weighted by atomic mass is 9.95. The summed E-state index contributed by atoms with van der Waals surface area (Å²) in [6.07, 6.45) is -0.909. The maximum absolute atomic E-state index is 13.8. The van der Waals surface area contributed by atoms with Crippen molar-refractivity contribution in [1.29, 1.82) is 0 Å². The van der Waals surface area contributed by atoms with Crippen LogP contribution in [-0.2, 0) is 6.42 Å². The first kappa shape index (κ1) is 12.5. The van der Waals surface area contributed by atoms with E-state index in [9.17, 15) is 13.9 Å². The van der Waals surface area contributed by atoms with Crippen molar-refractivity contribution in [1.82, 2.24) is 4.98 Å². The van der Waals surface area contributed by atoms with Gasteiger partial charge in [0, 0.05) is 12.0 Å². The van der Waals surface area contributed by atoms with Crippen LogP contribution >= 0.6 is 0 Å². The fourth-order valence-corrected chi connectivity index (χ4v) is 2.98. The molecule has 1 unspecified atom stereocenters. The van der Waals surface area contributed by atoms with Crippen molar-refractivity contribution in [2.45, 2.75) is 18.4 Å². The molecule has 1 aliphatic rings. The number of halogens is 2. The number of hydrogen-bond acceptors (Lipinski definition) is 3. The van der Waals surface area contributed by atoms with Gasteiger partial charge < -0.3 is 9.52 Å². The second kappa shape index (κ2) is 4.11. The number of aliphatic hydroxyl groups excluding tert-OH is 1. The predicted octanol–water partition coefficient (Wildman–Crippen LogP) is 3.72. The summed E-state index contributed by atoms with van der Waals surface area (Å²) in [5, 5.41) is 9.98. The van der Waals surface area contributed by atoms with Crippen LogP contribution in [0.1, 0.15) is 17.2 Å². The van der Waals surface area contributed by atoms with Crippen LogP contribution in [0.5, 0.6) is 0 Å². The zero-order chi connectivity index (χ0) is 14.6. The maximum atomic E-state index is 13.8. The van der Waals surface area contributed by atoms with Gasteiger partial charge in [0.05, 0.1) is 0 Å². The largest absolute Gasteiger partial charge is 0.443 e. The van der Waals surface area contributed by atoms with Gasteiger partial charge in [-0.2, -0.15) is 0 Å². The standard InChI is InChI=1S/C16H11F2NO2/c17-16(18)7-9-3-1-4-10(13(9)15(16)20)11-5-2-6-12-14(11)21-8-19-12/h1-6,8,15,20H,7H2. The first-order valence-electron chi connectivity index (χ1n) is 6.58. The zero-order valence-corrected chi connectivity index (χ0v) is 10.9. The Kier molecular flexibility index (Phi) is 2.44. The van der Waals surface area contributed by atoms with E-state index in [2.05, 4.69) is 4.98 Å². The van der Waals surface area contributed by atoms with E-state index in [1.54, 1.807) is 36.4 Å². The summed E-state index contributed by atoms with van der Waals surface area (Å²) in [4.78, 5) is 4.07. The first-order valence-corrected chi connectivity index (χ1v) is 6.58. The first-order chi connectivity index (χ1) is 10.1. The van der Waals surface area contributed by atoms with E-state index in [1.165, 1.54) is 6.39 Å². The second-order valence-corrected chi connectivity index (χ2v) is 5.22. The molecule has 106 valence electrons. The van der Waals surface area contributed by atoms with Crippen molar-refractivity contribution in [2.24, 2.45) is 0 Å². The molecular formula is C16H11F2NO2. The number of aliphatic hydroxyl groups is 1. The smallest absolute Gasteiger partial charge is 0.281 e. The molecule has 0 aliphatic heterocycles. The Bertz CT molecular complexity index is 841. The van der Waals surface area contributed by atoms with Gasteiger partial charge in [0.2, 0.25) is 0 Å². The van der Waals surface area contributed by atoms with Gasteiger partial charge in [-0.25, -0.2) is 13.8 Å². The molecule has 2 aromatic carbocycles. The van der Waals surface area contributed by atoms with E-state index in [0.29, 0.717) is 27.8 Å². The SMILES string of the molecule is OC1c2c(cccc2-c2cccc3ncoc23)CC1(F)F. The Balaban J connectivity index is 2.00. The third kappa shape index (κ3) is 1.70. The van der Waals surface area contributed by atoms with Crippen molar-refractivity contribution < 1.29 is 18.3 Å². The number of alkyl halides is 2. The minimum Gasteiger partial charge on any atom is -0.443 e. The summed E-state index contributed by atoms with van der Waals surface area (Å²) in [7, 11) is 0. The molecule has 21 heavy (non-hydrogen) atoms. The molecule has 4 rings (SSSR count). The van der Waals surface area contributed by atoms with E-state index in [4.69, 9.17) is 4.42 Å². The third-order valence-corrected chi connectivity index (χ3v) is 3.94. The Morgan fingerprint density at radius 1 is 1.14 bits per heavy atom. The van der Waals surface area contributed by atoms with Gasteiger partial charge in [-0.1, -0.05) is 30.3 Å². The summed E-state index contributed by atoms with van der Waals surface area (Å²) in [5.74, 6) is -3.13. The highest BCUT2D eigenvalue weighted by atomic mass is 19.3. The number of hydrogen-bond donors (Lipinski definition) is 1. The lowest BCUT2D eigenvalue weighted by Gasteiger charge is -2.16. The summed E-state index contributed by atoms with van der Waals surface area (Å²) < 4.78 is 33.0. The minimum atomic E-state index is -3.13. The van der Waals surface area contributed by atoms with Gasteiger partial charge in [0.15, 0.2) is 12.0 Å². The van der Waals surface area contributed by atoms with Crippen molar-refractivity contribution in [3.8, 4) is 11.1 Å². The molecule has 0 fully saturated rings. The molecule has 0 spiro atoms. The lowest BCUT2D eigenvalue weighted by Crippen LogP contribution is -2.21. The van der Waals surface area contributed by atoms with E-state index < -0.39 is 18.4 Å². The molecule has 0 radical (unpaired) electrons. The number of benzene rings is 2. The van der Waals surface area contributed by atoms with E-state index in [0.717, 1.165) is 0 Å². The van der Waals surface area contributed by atoms with Gasteiger partial charge in [-0.3, -0.25) is 0 Å². The highest BCUT2D eigenvalue weighted by Gasteiger charge is 2.47. The Morgan fingerprint density at radius 3 is 2.76 bits per heavy atom. The summed E-state index contributed by atoms with van der Waals surface area (Å²) in [5.41, 5.74) is 3.18. The molecule has 5 heteroatoms. The van der Waals surface area contributed by atoms with Crippen molar-refractivity contribution in [3.05, 3.63) is 53.9 Å². The third-order valence-electron chi connectivity index (χ3n) is 3.94. The van der Waals surface area contributed by atoms with E-state index >= 15 is 0 Å². The quantitative estimate of drug-likeness (QED) is 0.742. The molecule has 1 heterocycles. The van der Waals surface area contributed by atoms with E-state index in [1.807, 2.05) is 0 Å². The molecule has 0 saturated carbocycles. The van der Waals surface area contributed by atoms with Gasteiger partial charge in [-0.15, -0.1) is 0 Å². The molecule has 1 N–H and O–H groups in total. The molecule has 3 aromatic rings. The Labute approximate surface area is 118 Å². The summed E-state index contributed by atoms with van der Waals surface area (Å²) in [6.45, 7) is 0. The van der Waals surface area contributed by atoms with Gasteiger partial charge in [-0.05, 0) is 22.8 Å². The number of rotatable bonds is 1. The average Bonchev–Trinajstić information content (AvgIpc) is 3.02. The van der Waals surface area contributed by atoms with Crippen LogP contribution in [0.15, 0.2) is 47.2 Å². The van der Waals surface area contributed by atoms with Crippen molar-refractivity contribution >= 4 is 11.1 Å². The van der Waals surface area contributed by atoms with Crippen LogP contribution in [0.3, 0.4) is 0 Å². The molecular weight excluding hydrogens is 276 g/mol. The lowest BCUT2D eigenvalue weighted by molar-refractivity contribution is -0.0966. The number of nitrogens with zero attached hydrogens (tertiary/aromatic N) is 1. The average molecular weight is 287 g/mol. The van der Waals surface area contributed by atoms with Crippen LogP contribution in [0, 0.1) is 0 Å². The van der Waals surface area contributed by atoms with Gasteiger partial charge in [0.1, 0.15) is 11.6 Å². The minimum absolute atomic E-state index is 0.284. The van der Waals surface area contributed by atoms with Crippen molar-refractivity contribution in [3.63, 3.8) is 0 Å². The fourth-order valence-electron chi connectivity index (χ4n) is 2.98. The normalized spacial score (nSPS) is 19.9. The molecule has 3 nitrogen and oxygen atoms in total. The highest BCUT2D eigenvalue weighted by Crippen LogP contribution is 2.47. The fraction of sp³-hybridized carbons (Fsp3) is 0.188. The highest BCUT2D eigenvalue weighted by molar-refractivity contribution is 5.91. The topological polar surface area (TPSA) is 46.3 Å². The van der Waals surface area contributed by atoms with Crippen LogP contribution in [0.2, 0.25) is 0 Å². The number of aromatic nitrogens is 1. The van der Waals surface area contributed by atoms with Crippen LogP contribution in [0.4, 0.5) is 8.78 Å². The predicted molar refractivity (Wildman–Crippen MR) is 73.1 cm³/mol. The second-order valence-electron chi connectivity index (χ2n) is 5.22. The summed E-state index contributed by atoms with van der Waals surface area (Å²) >= 11 is 0. The number of fused-ring (bicyclic) bond motifs is 2. The molecule has 0 amide bonds. The Morgan fingerprint density at radius 2 is 1.90 bits per heavy atom. The maximum Gasteiger partial charge on any atom is 0.281 e. The van der Waals surface area contributed by atoms with Crippen LogP contribution in [0.25, 0.3) is 22.2 Å². The molecule has 0 saturated heterocycles. The number of para-hydroxylation sites is 1. The monoisotopic (exact) mass is 287 g/mol. The molecule has 1 aliphatic carbocycles. The number of oxazole rings is 1.